The summed E-state index contributed by atoms with van der Waals surface area (Å²) in [7, 11) is 0. The van der Waals surface area contributed by atoms with Crippen molar-refractivity contribution < 1.29 is 0 Å². The van der Waals surface area contributed by atoms with Gasteiger partial charge in [-0.2, -0.15) is 0 Å². The van der Waals surface area contributed by atoms with E-state index in [1.54, 1.807) is 0 Å². The number of thioether (sulfide) groups is 4. The van der Waals surface area contributed by atoms with Crippen molar-refractivity contribution in [1.29, 1.82) is 0 Å². The molecule has 2 heterocycles. The van der Waals surface area contributed by atoms with Crippen molar-refractivity contribution in [3.8, 4) is 0 Å². The molecule has 0 aromatic rings. The maximum Gasteiger partial charge on any atom is 0.0627 e. The molecule has 88 valence electrons. The quantitative estimate of drug-likeness (QED) is 0.743. The maximum atomic E-state index is 2.38. The first-order valence-corrected chi connectivity index (χ1v) is 9.93. The summed E-state index contributed by atoms with van der Waals surface area (Å²) in [5, 5.41) is 0. The lowest BCUT2D eigenvalue weighted by molar-refractivity contribution is 0.721. The zero-order chi connectivity index (χ0) is 10.6. The van der Waals surface area contributed by atoms with Crippen LogP contribution in [0.1, 0.15) is 32.6 Å². The highest BCUT2D eigenvalue weighted by Gasteiger charge is 2.35. The SMILES string of the molecule is CCC1(CC2SCCCS2)SCCCS1. The highest BCUT2D eigenvalue weighted by Crippen LogP contribution is 2.51. The van der Waals surface area contributed by atoms with Gasteiger partial charge >= 0.3 is 0 Å². The predicted molar refractivity (Wildman–Crippen MR) is 80.5 cm³/mol. The molecule has 0 amide bonds. The van der Waals surface area contributed by atoms with E-state index in [2.05, 4.69) is 54.0 Å². The number of rotatable bonds is 3. The van der Waals surface area contributed by atoms with E-state index >= 15 is 0 Å². The first-order chi connectivity index (χ1) is 7.35. The molecule has 2 aliphatic rings. The summed E-state index contributed by atoms with van der Waals surface area (Å²) in [5.41, 5.74) is 0. The Bertz CT molecular complexity index is 183. The number of hydrogen-bond donors (Lipinski definition) is 0. The third-order valence-corrected chi connectivity index (χ3v) is 9.53. The molecule has 4 heteroatoms. The van der Waals surface area contributed by atoms with E-state index in [1.807, 2.05) is 0 Å². The van der Waals surface area contributed by atoms with Crippen LogP contribution in [0.3, 0.4) is 0 Å². The first-order valence-electron chi connectivity index (χ1n) is 5.86. The second kappa shape index (κ2) is 6.36. The van der Waals surface area contributed by atoms with Gasteiger partial charge in [0.2, 0.25) is 0 Å². The third kappa shape index (κ3) is 3.68. The van der Waals surface area contributed by atoms with Crippen LogP contribution in [0.4, 0.5) is 0 Å². The van der Waals surface area contributed by atoms with E-state index < -0.39 is 0 Å². The Morgan fingerprint density at radius 2 is 1.60 bits per heavy atom. The topological polar surface area (TPSA) is 0 Å². The minimum atomic E-state index is 0.570. The molecule has 0 aromatic carbocycles. The fraction of sp³-hybridized carbons (Fsp3) is 1.00. The Balaban J connectivity index is 1.87. The second-order valence-corrected chi connectivity index (χ2v) is 10.2. The van der Waals surface area contributed by atoms with Gasteiger partial charge in [-0.15, -0.1) is 47.0 Å². The monoisotopic (exact) mass is 280 g/mol. The number of hydrogen-bond acceptors (Lipinski definition) is 4. The van der Waals surface area contributed by atoms with E-state index in [4.69, 9.17) is 0 Å². The van der Waals surface area contributed by atoms with Crippen LogP contribution in [-0.4, -0.2) is 31.7 Å². The summed E-state index contributed by atoms with van der Waals surface area (Å²) in [6, 6.07) is 0. The van der Waals surface area contributed by atoms with E-state index in [0.29, 0.717) is 4.08 Å². The Morgan fingerprint density at radius 1 is 1.00 bits per heavy atom. The van der Waals surface area contributed by atoms with Crippen molar-refractivity contribution >= 4 is 47.0 Å². The minimum Gasteiger partial charge on any atom is -0.148 e. The van der Waals surface area contributed by atoms with Crippen molar-refractivity contribution in [3.63, 3.8) is 0 Å². The van der Waals surface area contributed by atoms with Crippen LogP contribution in [0.25, 0.3) is 0 Å². The second-order valence-electron chi connectivity index (χ2n) is 4.04. The zero-order valence-electron chi connectivity index (χ0n) is 9.37. The average molecular weight is 281 g/mol. The molecule has 0 atom stereocenters. The van der Waals surface area contributed by atoms with E-state index in [9.17, 15) is 0 Å². The van der Waals surface area contributed by atoms with Gasteiger partial charge in [-0.1, -0.05) is 6.92 Å². The van der Waals surface area contributed by atoms with Crippen LogP contribution in [0.2, 0.25) is 0 Å². The molecule has 0 spiro atoms. The Labute approximate surface area is 111 Å². The lowest BCUT2D eigenvalue weighted by Gasteiger charge is -2.38. The zero-order valence-corrected chi connectivity index (χ0v) is 12.6. The molecule has 0 saturated carbocycles. The Morgan fingerprint density at radius 3 is 2.20 bits per heavy atom. The van der Waals surface area contributed by atoms with Crippen molar-refractivity contribution in [2.45, 2.75) is 41.3 Å². The highest BCUT2D eigenvalue weighted by molar-refractivity contribution is 8.19. The summed E-state index contributed by atoms with van der Waals surface area (Å²) >= 11 is 8.90. The van der Waals surface area contributed by atoms with Gasteiger partial charge in [0.05, 0.1) is 8.66 Å². The molecule has 0 bridgehead atoms. The van der Waals surface area contributed by atoms with Crippen molar-refractivity contribution in [3.05, 3.63) is 0 Å². The fourth-order valence-corrected chi connectivity index (χ4v) is 8.83. The third-order valence-electron chi connectivity index (χ3n) is 2.93. The van der Waals surface area contributed by atoms with Crippen LogP contribution < -0.4 is 0 Å². The van der Waals surface area contributed by atoms with Gasteiger partial charge < -0.3 is 0 Å². The van der Waals surface area contributed by atoms with Gasteiger partial charge in [0.15, 0.2) is 0 Å². The van der Waals surface area contributed by atoms with Crippen molar-refractivity contribution in [2.24, 2.45) is 0 Å². The highest BCUT2D eigenvalue weighted by atomic mass is 32.2. The summed E-state index contributed by atoms with van der Waals surface area (Å²) < 4.78 is 1.46. The maximum absolute atomic E-state index is 2.38. The van der Waals surface area contributed by atoms with Gasteiger partial charge in [-0.3, -0.25) is 0 Å². The summed E-state index contributed by atoms with van der Waals surface area (Å²) in [5.74, 6) is 5.57. The predicted octanol–water partition coefficient (Wildman–Crippen LogP) is 4.55. The normalized spacial score (nSPS) is 27.8. The minimum absolute atomic E-state index is 0.570. The smallest absolute Gasteiger partial charge is 0.0627 e. The average Bonchev–Trinajstić information content (AvgIpc) is 2.32. The molecule has 0 radical (unpaired) electrons. The van der Waals surface area contributed by atoms with Gasteiger partial charge in [0.1, 0.15) is 0 Å². The Hall–Kier alpha value is 1.40. The van der Waals surface area contributed by atoms with Crippen molar-refractivity contribution in [2.75, 3.05) is 23.0 Å². The molecular weight excluding hydrogens is 260 g/mol. The fourth-order valence-electron chi connectivity index (χ4n) is 1.99. The molecule has 2 saturated heterocycles. The molecule has 0 nitrogen and oxygen atoms in total. The van der Waals surface area contributed by atoms with Crippen LogP contribution in [0, 0.1) is 0 Å². The Kier molecular flexibility index (Phi) is 5.45. The molecule has 0 N–H and O–H groups in total. The molecule has 0 aromatic heterocycles. The largest absolute Gasteiger partial charge is 0.148 e. The van der Waals surface area contributed by atoms with Gasteiger partial charge in [-0.05, 0) is 48.7 Å². The molecule has 0 unspecified atom stereocenters. The molecule has 15 heavy (non-hydrogen) atoms. The lowest BCUT2D eigenvalue weighted by atomic mass is 10.2. The molecule has 2 aliphatic heterocycles. The first kappa shape index (κ1) is 12.8. The molecule has 2 fully saturated rings. The standard InChI is InChI=1S/C11H20S4/c1-2-11(14-7-4-8-15-11)9-10-12-5-3-6-13-10/h10H,2-9H2,1H3. The van der Waals surface area contributed by atoms with E-state index in [0.717, 1.165) is 4.58 Å². The van der Waals surface area contributed by atoms with Crippen LogP contribution in [0.15, 0.2) is 0 Å². The van der Waals surface area contributed by atoms with Crippen LogP contribution in [-0.2, 0) is 0 Å². The summed E-state index contributed by atoms with van der Waals surface area (Å²) in [4.78, 5) is 0. The van der Waals surface area contributed by atoms with Crippen molar-refractivity contribution in [1.82, 2.24) is 0 Å². The lowest BCUT2D eigenvalue weighted by Crippen LogP contribution is -2.28. The van der Waals surface area contributed by atoms with Crippen LogP contribution in [0.5, 0.6) is 0 Å². The van der Waals surface area contributed by atoms with E-state index in [1.165, 1.54) is 48.7 Å². The van der Waals surface area contributed by atoms with Crippen LogP contribution >= 0.6 is 47.0 Å². The molecule has 2 rings (SSSR count). The molecule has 0 aliphatic carbocycles. The summed E-state index contributed by atoms with van der Waals surface area (Å²) in [6.07, 6.45) is 5.61. The van der Waals surface area contributed by atoms with E-state index in [-0.39, 0.29) is 0 Å². The van der Waals surface area contributed by atoms with Gasteiger partial charge in [-0.25, -0.2) is 0 Å². The summed E-state index contributed by atoms with van der Waals surface area (Å²) in [6.45, 7) is 2.38. The van der Waals surface area contributed by atoms with Gasteiger partial charge in [0.25, 0.3) is 0 Å². The van der Waals surface area contributed by atoms with Gasteiger partial charge in [0, 0.05) is 0 Å². The molecular formula is C11H20S4.